The number of carbonyl (C=O) groups is 1. The van der Waals surface area contributed by atoms with Gasteiger partial charge in [-0.1, -0.05) is 0 Å². The number of amides is 1. The molecule has 0 radical (unpaired) electrons. The zero-order valence-corrected chi connectivity index (χ0v) is 11.4. The van der Waals surface area contributed by atoms with E-state index in [4.69, 9.17) is 15.2 Å². The molecule has 2 N–H and O–H groups in total. The lowest BCUT2D eigenvalue weighted by Gasteiger charge is -2.21. The molecular formula is C13H19FN2O3. The van der Waals surface area contributed by atoms with Crippen LogP contribution in [0.15, 0.2) is 12.1 Å². The Kier molecular flexibility index (Phi) is 5.57. The van der Waals surface area contributed by atoms with Crippen LogP contribution in [0.1, 0.15) is 17.3 Å². The summed E-state index contributed by atoms with van der Waals surface area (Å²) in [5.74, 6) is -0.776. The standard InChI is InChI=1S/C13H19FN2O3/c1-4-16(5-6-18-2)13(17)9-7-12(19-3)11(15)8-10(9)14/h7-8H,4-6,15H2,1-3H3. The number of benzene rings is 1. The van der Waals surface area contributed by atoms with Crippen molar-refractivity contribution in [1.82, 2.24) is 4.90 Å². The van der Waals surface area contributed by atoms with Crippen LogP contribution < -0.4 is 10.5 Å². The van der Waals surface area contributed by atoms with Gasteiger partial charge in [-0.05, 0) is 13.0 Å². The van der Waals surface area contributed by atoms with Crippen LogP contribution in [0.25, 0.3) is 0 Å². The van der Waals surface area contributed by atoms with Crippen molar-refractivity contribution in [2.24, 2.45) is 0 Å². The summed E-state index contributed by atoms with van der Waals surface area (Å²) in [5, 5.41) is 0. The van der Waals surface area contributed by atoms with Gasteiger partial charge in [0.15, 0.2) is 0 Å². The summed E-state index contributed by atoms with van der Waals surface area (Å²) in [5.41, 5.74) is 5.69. The van der Waals surface area contributed by atoms with Gasteiger partial charge in [-0.15, -0.1) is 0 Å². The van der Waals surface area contributed by atoms with Crippen LogP contribution in [-0.2, 0) is 4.74 Å². The first-order chi connectivity index (χ1) is 9.04. The van der Waals surface area contributed by atoms with E-state index in [1.807, 2.05) is 6.92 Å². The summed E-state index contributed by atoms with van der Waals surface area (Å²) in [4.78, 5) is 13.7. The maximum atomic E-state index is 13.8. The normalized spacial score (nSPS) is 10.3. The SMILES string of the molecule is CCN(CCOC)C(=O)c1cc(OC)c(N)cc1F. The zero-order chi connectivity index (χ0) is 14.4. The zero-order valence-electron chi connectivity index (χ0n) is 11.4. The predicted octanol–water partition coefficient (Wildman–Crippen LogP) is 1.53. The molecule has 0 aliphatic carbocycles. The number of methoxy groups -OCH3 is 2. The van der Waals surface area contributed by atoms with Gasteiger partial charge in [0.2, 0.25) is 0 Å². The second kappa shape index (κ2) is 6.94. The minimum Gasteiger partial charge on any atom is -0.495 e. The van der Waals surface area contributed by atoms with Crippen molar-refractivity contribution in [3.8, 4) is 5.75 Å². The summed E-state index contributed by atoms with van der Waals surface area (Å²) < 4.78 is 23.7. The highest BCUT2D eigenvalue weighted by atomic mass is 19.1. The van der Waals surface area contributed by atoms with Crippen molar-refractivity contribution >= 4 is 11.6 Å². The van der Waals surface area contributed by atoms with Crippen molar-refractivity contribution in [2.75, 3.05) is 39.6 Å². The van der Waals surface area contributed by atoms with Crippen molar-refractivity contribution in [3.05, 3.63) is 23.5 Å². The Morgan fingerprint density at radius 3 is 2.63 bits per heavy atom. The number of likely N-dealkylation sites (N-methyl/N-ethyl adjacent to an activating group) is 1. The molecule has 0 fully saturated rings. The molecule has 106 valence electrons. The first-order valence-electron chi connectivity index (χ1n) is 5.96. The van der Waals surface area contributed by atoms with E-state index in [1.54, 1.807) is 7.11 Å². The van der Waals surface area contributed by atoms with Gasteiger partial charge in [-0.25, -0.2) is 4.39 Å². The van der Waals surface area contributed by atoms with Crippen LogP contribution >= 0.6 is 0 Å². The molecule has 0 aliphatic rings. The van der Waals surface area contributed by atoms with Crippen LogP contribution in [0.3, 0.4) is 0 Å². The number of nitrogen functional groups attached to an aromatic ring is 1. The van der Waals surface area contributed by atoms with Crippen LogP contribution in [0.4, 0.5) is 10.1 Å². The molecular weight excluding hydrogens is 251 g/mol. The Bertz CT molecular complexity index is 452. The third-order valence-corrected chi connectivity index (χ3v) is 2.78. The fraction of sp³-hybridized carbons (Fsp3) is 0.462. The molecule has 1 rings (SSSR count). The van der Waals surface area contributed by atoms with Gasteiger partial charge in [0.05, 0.1) is 25.0 Å². The minimum atomic E-state index is -0.654. The highest BCUT2D eigenvalue weighted by Crippen LogP contribution is 2.25. The van der Waals surface area contributed by atoms with E-state index in [1.165, 1.54) is 18.1 Å². The maximum absolute atomic E-state index is 13.8. The fourth-order valence-electron chi connectivity index (χ4n) is 1.68. The number of ether oxygens (including phenoxy) is 2. The number of carbonyl (C=O) groups excluding carboxylic acids is 1. The van der Waals surface area contributed by atoms with E-state index in [-0.39, 0.29) is 17.0 Å². The summed E-state index contributed by atoms with van der Waals surface area (Å²) in [6.45, 7) is 3.08. The van der Waals surface area contributed by atoms with Gasteiger partial charge in [-0.3, -0.25) is 4.79 Å². The average molecular weight is 270 g/mol. The Labute approximate surface area is 112 Å². The quantitative estimate of drug-likeness (QED) is 0.796. The highest BCUT2D eigenvalue weighted by molar-refractivity contribution is 5.95. The van der Waals surface area contributed by atoms with E-state index in [0.29, 0.717) is 19.7 Å². The third-order valence-electron chi connectivity index (χ3n) is 2.78. The largest absolute Gasteiger partial charge is 0.495 e. The lowest BCUT2D eigenvalue weighted by atomic mass is 10.1. The second-order valence-electron chi connectivity index (χ2n) is 3.95. The van der Waals surface area contributed by atoms with Crippen molar-refractivity contribution in [2.45, 2.75) is 6.92 Å². The number of nitrogens with zero attached hydrogens (tertiary/aromatic N) is 1. The van der Waals surface area contributed by atoms with Crippen LogP contribution in [0.5, 0.6) is 5.75 Å². The summed E-state index contributed by atoms with van der Waals surface area (Å²) in [6.07, 6.45) is 0. The highest BCUT2D eigenvalue weighted by Gasteiger charge is 2.20. The van der Waals surface area contributed by atoms with Gasteiger partial charge < -0.3 is 20.1 Å². The number of hydrogen-bond donors (Lipinski definition) is 1. The molecule has 0 unspecified atom stereocenters. The van der Waals surface area contributed by atoms with Gasteiger partial charge in [0.25, 0.3) is 5.91 Å². The number of halogens is 1. The number of hydrogen-bond acceptors (Lipinski definition) is 4. The fourth-order valence-corrected chi connectivity index (χ4v) is 1.68. The monoisotopic (exact) mass is 270 g/mol. The van der Waals surface area contributed by atoms with Gasteiger partial charge >= 0.3 is 0 Å². The van der Waals surface area contributed by atoms with Gasteiger partial charge in [-0.2, -0.15) is 0 Å². The first-order valence-corrected chi connectivity index (χ1v) is 5.96. The molecule has 5 nitrogen and oxygen atoms in total. The molecule has 0 bridgehead atoms. The molecule has 0 atom stereocenters. The second-order valence-corrected chi connectivity index (χ2v) is 3.95. The summed E-state index contributed by atoms with van der Waals surface area (Å²) in [6, 6.07) is 2.42. The average Bonchev–Trinajstić information content (AvgIpc) is 2.39. The van der Waals surface area contributed by atoms with Gasteiger partial charge in [0, 0.05) is 26.3 Å². The smallest absolute Gasteiger partial charge is 0.257 e. The minimum absolute atomic E-state index is 0.0518. The maximum Gasteiger partial charge on any atom is 0.257 e. The van der Waals surface area contributed by atoms with E-state index < -0.39 is 11.7 Å². The Balaban J connectivity index is 3.03. The molecule has 0 saturated heterocycles. The molecule has 0 saturated carbocycles. The molecule has 0 aliphatic heterocycles. The number of rotatable bonds is 6. The Hall–Kier alpha value is -1.82. The van der Waals surface area contributed by atoms with Crippen LogP contribution in [-0.4, -0.2) is 44.7 Å². The molecule has 6 heteroatoms. The van der Waals surface area contributed by atoms with E-state index in [0.717, 1.165) is 6.07 Å². The molecule has 1 aromatic carbocycles. The third kappa shape index (κ3) is 3.57. The molecule has 0 heterocycles. The van der Waals surface area contributed by atoms with Crippen molar-refractivity contribution in [3.63, 3.8) is 0 Å². The first kappa shape index (κ1) is 15.2. The van der Waals surface area contributed by atoms with E-state index >= 15 is 0 Å². The predicted molar refractivity (Wildman–Crippen MR) is 70.8 cm³/mol. The Morgan fingerprint density at radius 2 is 2.11 bits per heavy atom. The van der Waals surface area contributed by atoms with E-state index in [2.05, 4.69) is 0 Å². The van der Waals surface area contributed by atoms with Crippen LogP contribution in [0.2, 0.25) is 0 Å². The molecule has 1 aromatic rings. The summed E-state index contributed by atoms with van der Waals surface area (Å²) >= 11 is 0. The van der Waals surface area contributed by atoms with Crippen molar-refractivity contribution in [1.29, 1.82) is 0 Å². The van der Waals surface area contributed by atoms with Crippen molar-refractivity contribution < 1.29 is 18.7 Å². The Morgan fingerprint density at radius 1 is 1.42 bits per heavy atom. The number of nitrogens with two attached hydrogens (primary N) is 1. The topological polar surface area (TPSA) is 64.8 Å². The summed E-state index contributed by atoms with van der Waals surface area (Å²) in [7, 11) is 2.96. The number of anilines is 1. The lowest BCUT2D eigenvalue weighted by molar-refractivity contribution is 0.0701. The van der Waals surface area contributed by atoms with Crippen LogP contribution in [0, 0.1) is 5.82 Å². The molecule has 19 heavy (non-hydrogen) atoms. The molecule has 0 spiro atoms. The lowest BCUT2D eigenvalue weighted by Crippen LogP contribution is -2.34. The molecule has 0 aromatic heterocycles. The van der Waals surface area contributed by atoms with E-state index in [9.17, 15) is 9.18 Å². The molecule has 1 amide bonds. The van der Waals surface area contributed by atoms with Gasteiger partial charge in [0.1, 0.15) is 11.6 Å².